The van der Waals surface area contributed by atoms with Gasteiger partial charge in [-0.15, -0.1) is 11.3 Å². The molecule has 0 saturated heterocycles. The first-order chi connectivity index (χ1) is 20.0. The van der Waals surface area contributed by atoms with Crippen LogP contribution in [0.2, 0.25) is 0 Å². The molecule has 5 aliphatic carbocycles. The summed E-state index contributed by atoms with van der Waals surface area (Å²) in [6.07, 6.45) is 19.8. The second kappa shape index (κ2) is 10.8. The number of hydrogen-bond donors (Lipinski definition) is 0. The minimum atomic E-state index is 0.0975. The molecule has 5 fully saturated rings. The first kappa shape index (κ1) is 27.1. The van der Waals surface area contributed by atoms with Crippen molar-refractivity contribution in [1.29, 1.82) is 0 Å². The minimum absolute atomic E-state index is 0.0975. The van der Waals surface area contributed by atoms with Crippen molar-refractivity contribution in [2.24, 2.45) is 11.3 Å². The zero-order valence-electron chi connectivity index (χ0n) is 24.5. The predicted octanol–water partition coefficient (Wildman–Crippen LogP) is 8.42. The molecule has 8 rings (SSSR count). The van der Waals surface area contributed by atoms with Crippen LogP contribution in [-0.4, -0.2) is 29.5 Å². The summed E-state index contributed by atoms with van der Waals surface area (Å²) >= 11 is 1.81. The van der Waals surface area contributed by atoms with Crippen molar-refractivity contribution in [3.8, 4) is 16.2 Å². The molecule has 2 heterocycles. The van der Waals surface area contributed by atoms with Crippen molar-refractivity contribution in [3.63, 3.8) is 0 Å². The van der Waals surface area contributed by atoms with Gasteiger partial charge in [-0.25, -0.2) is 9.97 Å². The molecule has 5 aliphatic rings. The number of benzene rings is 1. The number of anilines is 1. The molecule has 0 aliphatic heterocycles. The SMILES string of the molecule is COc1ccc(C23CCC(CN(C(=O)C4CC[CH]CC4)c4cc(-c5cnc(C6CC6)s5)ccn4)(CC2)CC3)cc1C. The van der Waals surface area contributed by atoms with Crippen molar-refractivity contribution in [3.05, 3.63) is 65.3 Å². The van der Waals surface area contributed by atoms with Crippen molar-refractivity contribution in [2.75, 3.05) is 18.6 Å². The van der Waals surface area contributed by atoms with Crippen molar-refractivity contribution >= 4 is 23.1 Å². The van der Waals surface area contributed by atoms with Crippen LogP contribution < -0.4 is 9.64 Å². The molecule has 5 saturated carbocycles. The monoisotopic (exact) mass is 568 g/mol. The number of fused-ring (bicyclic) bond motifs is 3. The fraction of sp³-hybridized carbons (Fsp3) is 0.543. The molecular weight excluding hydrogens is 526 g/mol. The fourth-order valence-electron chi connectivity index (χ4n) is 7.80. The highest BCUT2D eigenvalue weighted by Gasteiger charge is 2.50. The Morgan fingerprint density at radius 1 is 1.00 bits per heavy atom. The highest BCUT2D eigenvalue weighted by atomic mass is 32.1. The van der Waals surface area contributed by atoms with Gasteiger partial charge in [0, 0.05) is 30.8 Å². The van der Waals surface area contributed by atoms with E-state index in [0.29, 0.717) is 5.92 Å². The van der Waals surface area contributed by atoms with E-state index in [0.717, 1.165) is 49.4 Å². The first-order valence-electron chi connectivity index (χ1n) is 15.7. The molecule has 5 nitrogen and oxygen atoms in total. The quantitative estimate of drug-likeness (QED) is 0.274. The van der Waals surface area contributed by atoms with E-state index in [9.17, 15) is 4.79 Å². The Bertz CT molecular complexity index is 1400. The van der Waals surface area contributed by atoms with E-state index in [1.165, 1.54) is 72.4 Å². The van der Waals surface area contributed by atoms with Crippen molar-refractivity contribution in [1.82, 2.24) is 9.97 Å². The summed E-state index contributed by atoms with van der Waals surface area (Å²) < 4.78 is 5.54. The van der Waals surface area contributed by atoms with Gasteiger partial charge in [0.2, 0.25) is 5.91 Å². The molecule has 215 valence electrons. The summed E-state index contributed by atoms with van der Waals surface area (Å²) in [5.41, 5.74) is 4.25. The Balaban J connectivity index is 1.15. The minimum Gasteiger partial charge on any atom is -0.496 e. The average Bonchev–Trinajstić information content (AvgIpc) is 3.77. The number of amides is 1. The number of nitrogens with zero attached hydrogens (tertiary/aromatic N) is 3. The molecule has 0 unspecified atom stereocenters. The van der Waals surface area contributed by atoms with Crippen LogP contribution in [0.1, 0.15) is 99.1 Å². The molecule has 1 radical (unpaired) electrons. The van der Waals surface area contributed by atoms with E-state index in [1.54, 1.807) is 18.4 Å². The lowest BCUT2D eigenvalue weighted by Crippen LogP contribution is -2.51. The van der Waals surface area contributed by atoms with E-state index < -0.39 is 0 Å². The van der Waals surface area contributed by atoms with Gasteiger partial charge >= 0.3 is 0 Å². The van der Waals surface area contributed by atoms with Crippen LogP contribution in [0.3, 0.4) is 0 Å². The lowest BCUT2D eigenvalue weighted by atomic mass is 9.51. The topological polar surface area (TPSA) is 55.3 Å². The van der Waals surface area contributed by atoms with Gasteiger partial charge in [0.1, 0.15) is 11.6 Å². The normalized spacial score (nSPS) is 26.2. The van der Waals surface area contributed by atoms with E-state index in [4.69, 9.17) is 14.7 Å². The third-order valence-electron chi connectivity index (χ3n) is 10.7. The zero-order chi connectivity index (χ0) is 28.0. The molecule has 3 aromatic rings. The smallest absolute Gasteiger partial charge is 0.231 e. The van der Waals surface area contributed by atoms with E-state index in [1.807, 2.05) is 12.4 Å². The lowest BCUT2D eigenvalue weighted by molar-refractivity contribution is -0.123. The summed E-state index contributed by atoms with van der Waals surface area (Å²) in [6.45, 7) is 2.94. The van der Waals surface area contributed by atoms with E-state index in [-0.39, 0.29) is 22.7 Å². The molecule has 0 N–H and O–H groups in total. The van der Waals surface area contributed by atoms with Crippen molar-refractivity contribution in [2.45, 2.75) is 95.3 Å². The maximum Gasteiger partial charge on any atom is 0.231 e. The molecular formula is C35H42N3O2S. The van der Waals surface area contributed by atoms with Crippen LogP contribution in [0.15, 0.2) is 42.7 Å². The lowest BCUT2D eigenvalue weighted by Gasteiger charge is -2.55. The van der Waals surface area contributed by atoms with Gasteiger partial charge in [0.15, 0.2) is 0 Å². The van der Waals surface area contributed by atoms with Crippen LogP contribution in [0.4, 0.5) is 5.82 Å². The molecule has 2 aromatic heterocycles. The maximum atomic E-state index is 14.2. The number of methoxy groups -OCH3 is 1. The molecule has 0 spiro atoms. The Morgan fingerprint density at radius 3 is 2.44 bits per heavy atom. The Kier molecular flexibility index (Phi) is 7.17. The van der Waals surface area contributed by atoms with E-state index >= 15 is 0 Å². The molecule has 1 aromatic carbocycles. The van der Waals surface area contributed by atoms with Gasteiger partial charge in [-0.2, -0.15) is 0 Å². The first-order valence-corrected chi connectivity index (χ1v) is 16.5. The zero-order valence-corrected chi connectivity index (χ0v) is 25.3. The molecule has 2 bridgehead atoms. The number of ether oxygens (including phenoxy) is 1. The van der Waals surface area contributed by atoms with Crippen LogP contribution in [0, 0.1) is 24.7 Å². The van der Waals surface area contributed by atoms with E-state index in [2.05, 4.69) is 48.6 Å². The standard InChI is InChI=1S/C35H42N3O2S/c1-24-20-28(10-11-29(24)40-2)35-16-13-34(14-17-35,15-18-35)23-38(33(39)26-6-4-3-5-7-26)31-21-27(12-19-36-31)30-22-37-32(41-30)25-8-9-25/h3,10-12,19-22,25-26H,4-9,13-18,23H2,1-2H3. The Hall–Kier alpha value is -2.73. The van der Waals surface area contributed by atoms with Gasteiger partial charge in [0.25, 0.3) is 0 Å². The summed E-state index contributed by atoms with van der Waals surface area (Å²) in [7, 11) is 1.75. The Morgan fingerprint density at radius 2 is 1.76 bits per heavy atom. The number of thiazole rings is 1. The van der Waals surface area contributed by atoms with Gasteiger partial charge in [-0.1, -0.05) is 12.1 Å². The summed E-state index contributed by atoms with van der Waals surface area (Å²) in [6, 6.07) is 11.0. The second-order valence-corrected chi connectivity index (χ2v) is 14.3. The van der Waals surface area contributed by atoms with Crippen LogP contribution in [0.5, 0.6) is 5.75 Å². The second-order valence-electron chi connectivity index (χ2n) is 13.3. The third kappa shape index (κ3) is 5.22. The molecule has 0 atom stereocenters. The fourth-order valence-corrected chi connectivity index (χ4v) is 8.89. The Labute approximate surface area is 248 Å². The molecule has 1 amide bonds. The number of hydrogen-bond acceptors (Lipinski definition) is 5. The number of aromatic nitrogens is 2. The van der Waals surface area contributed by atoms with Gasteiger partial charge in [-0.05, 0) is 136 Å². The number of aryl methyl sites for hydroxylation is 1. The summed E-state index contributed by atoms with van der Waals surface area (Å²) in [5.74, 6) is 2.83. The van der Waals surface area contributed by atoms with Gasteiger partial charge in [0.05, 0.1) is 17.0 Å². The molecule has 6 heteroatoms. The highest BCUT2D eigenvalue weighted by Crippen LogP contribution is 2.58. The van der Waals surface area contributed by atoms with Crippen molar-refractivity contribution < 1.29 is 9.53 Å². The number of carbonyl (C=O) groups is 1. The van der Waals surface area contributed by atoms with Crippen LogP contribution in [-0.2, 0) is 10.2 Å². The molecule has 41 heavy (non-hydrogen) atoms. The largest absolute Gasteiger partial charge is 0.496 e. The third-order valence-corrected chi connectivity index (χ3v) is 11.9. The number of pyridine rings is 1. The highest BCUT2D eigenvalue weighted by molar-refractivity contribution is 7.15. The van der Waals surface area contributed by atoms with Gasteiger partial charge < -0.3 is 4.74 Å². The number of carbonyl (C=O) groups excluding carboxylic acids is 1. The van der Waals surface area contributed by atoms with Gasteiger partial charge in [-0.3, -0.25) is 9.69 Å². The maximum absolute atomic E-state index is 14.2. The number of rotatable bonds is 8. The predicted molar refractivity (Wildman–Crippen MR) is 165 cm³/mol. The van der Waals surface area contributed by atoms with Crippen LogP contribution >= 0.6 is 11.3 Å². The average molecular weight is 569 g/mol. The summed E-state index contributed by atoms with van der Waals surface area (Å²) in [4.78, 5) is 27.1. The summed E-state index contributed by atoms with van der Waals surface area (Å²) in [5, 5.41) is 1.25. The van der Waals surface area contributed by atoms with Crippen LogP contribution in [0.25, 0.3) is 10.4 Å².